The van der Waals surface area contributed by atoms with E-state index < -0.39 is 12.3 Å². The fourth-order valence-corrected chi connectivity index (χ4v) is 1.29. The molecule has 15 heavy (non-hydrogen) atoms. The number of ether oxygens (including phenoxy) is 1. The zero-order chi connectivity index (χ0) is 11.5. The van der Waals surface area contributed by atoms with Crippen molar-refractivity contribution in [2.45, 2.75) is 18.8 Å². The van der Waals surface area contributed by atoms with Crippen LogP contribution in [0.5, 0.6) is 0 Å². The van der Waals surface area contributed by atoms with Crippen molar-refractivity contribution in [3.63, 3.8) is 0 Å². The van der Waals surface area contributed by atoms with E-state index in [0.29, 0.717) is 6.54 Å². The van der Waals surface area contributed by atoms with E-state index >= 15 is 0 Å². The fourth-order valence-electron chi connectivity index (χ4n) is 1.29. The third-order valence-corrected chi connectivity index (χ3v) is 2.05. The molecule has 1 unspecified atom stereocenters. The zero-order valence-electron chi connectivity index (χ0n) is 8.21. The highest BCUT2D eigenvalue weighted by Gasteiger charge is 2.40. The van der Waals surface area contributed by atoms with Gasteiger partial charge >= 0.3 is 6.18 Å². The molecule has 0 spiro atoms. The van der Waals surface area contributed by atoms with E-state index in [1.54, 1.807) is 12.1 Å². The number of rotatable bonds is 3. The first-order valence-electron chi connectivity index (χ1n) is 4.37. The number of hydrogen-bond acceptors (Lipinski definition) is 2. The molecular weight excluding hydrogens is 207 g/mol. The quantitative estimate of drug-likeness (QED) is 0.847. The van der Waals surface area contributed by atoms with E-state index in [1.165, 1.54) is 12.1 Å². The van der Waals surface area contributed by atoms with Crippen LogP contribution in [-0.4, -0.2) is 13.3 Å². The van der Waals surface area contributed by atoms with Crippen LogP contribution < -0.4 is 5.73 Å². The van der Waals surface area contributed by atoms with E-state index in [1.807, 2.05) is 0 Å². The van der Waals surface area contributed by atoms with Crippen molar-refractivity contribution in [1.29, 1.82) is 0 Å². The van der Waals surface area contributed by atoms with Crippen molar-refractivity contribution < 1.29 is 17.9 Å². The summed E-state index contributed by atoms with van der Waals surface area (Å²) in [4.78, 5) is 0. The second kappa shape index (κ2) is 4.63. The zero-order valence-corrected chi connectivity index (χ0v) is 8.21. The standard InChI is InChI=1S/C10H12F3NO/c1-15-9(10(11,12)13)8-4-2-7(6-14)3-5-8/h2-5,9H,6,14H2,1H3. The lowest BCUT2D eigenvalue weighted by molar-refractivity contribution is -0.215. The maximum atomic E-state index is 12.4. The van der Waals surface area contributed by atoms with Crippen LogP contribution in [0.4, 0.5) is 13.2 Å². The van der Waals surface area contributed by atoms with Gasteiger partial charge in [-0.25, -0.2) is 0 Å². The van der Waals surface area contributed by atoms with E-state index in [4.69, 9.17) is 5.73 Å². The summed E-state index contributed by atoms with van der Waals surface area (Å²) in [5.41, 5.74) is 6.21. The fraction of sp³-hybridized carbons (Fsp3) is 0.400. The Morgan fingerprint density at radius 2 is 1.80 bits per heavy atom. The van der Waals surface area contributed by atoms with Crippen LogP contribution in [0.2, 0.25) is 0 Å². The van der Waals surface area contributed by atoms with Crippen LogP contribution in [0.25, 0.3) is 0 Å². The molecule has 84 valence electrons. The van der Waals surface area contributed by atoms with Gasteiger partial charge in [0.25, 0.3) is 0 Å². The molecule has 0 bridgehead atoms. The van der Waals surface area contributed by atoms with Crippen molar-refractivity contribution in [1.82, 2.24) is 0 Å². The minimum Gasteiger partial charge on any atom is -0.367 e. The molecule has 0 radical (unpaired) electrons. The van der Waals surface area contributed by atoms with Crippen molar-refractivity contribution in [2.75, 3.05) is 7.11 Å². The molecule has 0 aliphatic rings. The molecule has 0 fully saturated rings. The smallest absolute Gasteiger partial charge is 0.367 e. The average Bonchev–Trinajstić information content (AvgIpc) is 2.18. The van der Waals surface area contributed by atoms with Gasteiger partial charge in [-0.1, -0.05) is 24.3 Å². The van der Waals surface area contributed by atoms with Gasteiger partial charge in [-0.15, -0.1) is 0 Å². The van der Waals surface area contributed by atoms with Gasteiger partial charge < -0.3 is 10.5 Å². The molecule has 1 aromatic carbocycles. The van der Waals surface area contributed by atoms with Gasteiger partial charge in [-0.05, 0) is 11.1 Å². The van der Waals surface area contributed by atoms with Gasteiger partial charge in [0, 0.05) is 13.7 Å². The topological polar surface area (TPSA) is 35.2 Å². The molecule has 1 atom stereocenters. The normalized spacial score (nSPS) is 13.9. The Kier molecular flexibility index (Phi) is 3.71. The summed E-state index contributed by atoms with van der Waals surface area (Å²) in [6.45, 7) is 0.309. The molecule has 0 saturated carbocycles. The Morgan fingerprint density at radius 1 is 1.27 bits per heavy atom. The monoisotopic (exact) mass is 219 g/mol. The minimum absolute atomic E-state index is 0.0854. The summed E-state index contributed by atoms with van der Waals surface area (Å²) >= 11 is 0. The minimum atomic E-state index is -4.39. The highest BCUT2D eigenvalue weighted by Crippen LogP contribution is 2.35. The van der Waals surface area contributed by atoms with Gasteiger partial charge in [-0.2, -0.15) is 13.2 Å². The number of alkyl halides is 3. The summed E-state index contributed by atoms with van der Waals surface area (Å²) in [5, 5.41) is 0. The molecule has 0 heterocycles. The van der Waals surface area contributed by atoms with Gasteiger partial charge in [0.05, 0.1) is 0 Å². The molecule has 0 saturated heterocycles. The number of benzene rings is 1. The van der Waals surface area contributed by atoms with Crippen molar-refractivity contribution >= 4 is 0 Å². The summed E-state index contributed by atoms with van der Waals surface area (Å²) < 4.78 is 41.7. The van der Waals surface area contributed by atoms with Gasteiger partial charge in [0.1, 0.15) is 0 Å². The number of nitrogens with two attached hydrogens (primary N) is 1. The van der Waals surface area contributed by atoms with Gasteiger partial charge in [0.2, 0.25) is 0 Å². The van der Waals surface area contributed by atoms with Crippen LogP contribution in [0.3, 0.4) is 0 Å². The Balaban J connectivity index is 2.93. The summed E-state index contributed by atoms with van der Waals surface area (Å²) in [7, 11) is 1.04. The third-order valence-electron chi connectivity index (χ3n) is 2.05. The Morgan fingerprint density at radius 3 is 2.13 bits per heavy atom. The molecule has 0 amide bonds. The van der Waals surface area contributed by atoms with Crippen LogP contribution in [-0.2, 0) is 11.3 Å². The Bertz CT molecular complexity index is 307. The van der Waals surface area contributed by atoms with Gasteiger partial charge in [-0.3, -0.25) is 0 Å². The molecule has 2 nitrogen and oxygen atoms in total. The molecular formula is C10H12F3NO. The van der Waals surface area contributed by atoms with Gasteiger partial charge in [0.15, 0.2) is 6.10 Å². The molecule has 0 aromatic heterocycles. The molecule has 5 heteroatoms. The first kappa shape index (κ1) is 12.0. The maximum Gasteiger partial charge on any atom is 0.418 e. The highest BCUT2D eigenvalue weighted by atomic mass is 19.4. The third kappa shape index (κ3) is 2.94. The highest BCUT2D eigenvalue weighted by molar-refractivity contribution is 5.25. The summed E-state index contributed by atoms with van der Waals surface area (Å²) in [6, 6.07) is 5.88. The summed E-state index contributed by atoms with van der Waals surface area (Å²) in [6.07, 6.45) is -6.26. The van der Waals surface area contributed by atoms with E-state index in [-0.39, 0.29) is 5.56 Å². The molecule has 1 rings (SSSR count). The number of hydrogen-bond donors (Lipinski definition) is 1. The second-order valence-corrected chi connectivity index (χ2v) is 3.10. The number of halogens is 3. The van der Waals surface area contributed by atoms with Crippen LogP contribution in [0, 0.1) is 0 Å². The Hall–Kier alpha value is -1.07. The van der Waals surface area contributed by atoms with Crippen LogP contribution in [0.1, 0.15) is 17.2 Å². The Labute approximate surface area is 85.8 Å². The lowest BCUT2D eigenvalue weighted by Crippen LogP contribution is -2.22. The average molecular weight is 219 g/mol. The predicted octanol–water partition coefficient (Wildman–Crippen LogP) is 2.40. The molecule has 0 aliphatic heterocycles. The predicted molar refractivity (Wildman–Crippen MR) is 50.1 cm³/mol. The van der Waals surface area contributed by atoms with Crippen molar-refractivity contribution in [3.8, 4) is 0 Å². The first-order valence-corrected chi connectivity index (χ1v) is 4.37. The lowest BCUT2D eigenvalue weighted by Gasteiger charge is -2.19. The van der Waals surface area contributed by atoms with Crippen molar-refractivity contribution in [3.05, 3.63) is 35.4 Å². The molecule has 2 N–H and O–H groups in total. The SMILES string of the molecule is COC(c1ccc(CN)cc1)C(F)(F)F. The molecule has 1 aromatic rings. The molecule has 0 aliphatic carbocycles. The largest absolute Gasteiger partial charge is 0.418 e. The first-order chi connectivity index (χ1) is 6.99. The van der Waals surface area contributed by atoms with E-state index in [9.17, 15) is 13.2 Å². The van der Waals surface area contributed by atoms with E-state index in [0.717, 1.165) is 12.7 Å². The second-order valence-electron chi connectivity index (χ2n) is 3.10. The van der Waals surface area contributed by atoms with E-state index in [2.05, 4.69) is 4.74 Å². The van der Waals surface area contributed by atoms with Crippen LogP contribution in [0.15, 0.2) is 24.3 Å². The lowest BCUT2D eigenvalue weighted by atomic mass is 10.1. The summed E-state index contributed by atoms with van der Waals surface area (Å²) in [5.74, 6) is 0. The van der Waals surface area contributed by atoms with Crippen LogP contribution >= 0.6 is 0 Å². The maximum absolute atomic E-state index is 12.4. The number of methoxy groups -OCH3 is 1. The van der Waals surface area contributed by atoms with Crippen molar-refractivity contribution in [2.24, 2.45) is 5.73 Å².